The van der Waals surface area contributed by atoms with Crippen LogP contribution < -0.4 is 19.8 Å². The van der Waals surface area contributed by atoms with Crippen molar-refractivity contribution in [3.63, 3.8) is 0 Å². The lowest BCUT2D eigenvalue weighted by atomic mass is 10.0. The predicted molar refractivity (Wildman–Crippen MR) is 109 cm³/mol. The highest BCUT2D eigenvalue weighted by Gasteiger charge is 2.18. The van der Waals surface area contributed by atoms with Gasteiger partial charge in [0.25, 0.3) is 5.91 Å². The van der Waals surface area contributed by atoms with E-state index in [0.29, 0.717) is 19.8 Å². The summed E-state index contributed by atoms with van der Waals surface area (Å²) in [6.07, 6.45) is 2.99. The molecular weight excluding hydrogens is 354 g/mol. The quantitative estimate of drug-likeness (QED) is 0.655. The molecule has 2 aliphatic rings. The van der Waals surface area contributed by atoms with E-state index in [-0.39, 0.29) is 5.91 Å². The smallest absolute Gasteiger partial charge is 0.259 e. The number of anilines is 1. The van der Waals surface area contributed by atoms with Gasteiger partial charge in [0.1, 0.15) is 0 Å². The van der Waals surface area contributed by atoms with Gasteiger partial charge in [0.2, 0.25) is 0 Å². The van der Waals surface area contributed by atoms with E-state index >= 15 is 0 Å². The summed E-state index contributed by atoms with van der Waals surface area (Å²) in [4.78, 5) is 14.5. The summed E-state index contributed by atoms with van der Waals surface area (Å²) in [5.41, 5.74) is 6.75. The van der Waals surface area contributed by atoms with E-state index in [1.165, 1.54) is 5.56 Å². The van der Waals surface area contributed by atoms with Crippen molar-refractivity contribution in [1.82, 2.24) is 5.43 Å². The molecule has 4 rings (SSSR count). The van der Waals surface area contributed by atoms with Crippen LogP contribution in [-0.4, -0.2) is 37.9 Å². The molecule has 2 aromatic rings. The molecule has 0 unspecified atom stereocenters. The minimum absolute atomic E-state index is 0.120. The molecule has 0 aromatic heterocycles. The number of aryl methyl sites for hydroxylation is 1. The number of para-hydroxylation sites is 1. The number of rotatable bonds is 4. The number of benzene rings is 2. The molecule has 0 spiro atoms. The fraction of sp³-hybridized carbons (Fsp3) is 0.364. The normalized spacial score (nSPS) is 16.2. The number of hydrogen-bond donors (Lipinski definition) is 1. The Morgan fingerprint density at radius 1 is 1.11 bits per heavy atom. The van der Waals surface area contributed by atoms with Crippen LogP contribution in [0.15, 0.2) is 47.6 Å². The molecule has 6 nitrogen and oxygen atoms in total. The van der Waals surface area contributed by atoms with Crippen molar-refractivity contribution in [1.29, 1.82) is 0 Å². The Labute approximate surface area is 165 Å². The van der Waals surface area contributed by atoms with Gasteiger partial charge in [-0.3, -0.25) is 4.79 Å². The van der Waals surface area contributed by atoms with Gasteiger partial charge in [0.05, 0.1) is 25.5 Å². The van der Waals surface area contributed by atoms with E-state index in [4.69, 9.17) is 9.47 Å². The van der Waals surface area contributed by atoms with Crippen molar-refractivity contribution in [2.75, 3.05) is 31.2 Å². The Hall–Kier alpha value is -3.02. The van der Waals surface area contributed by atoms with E-state index in [9.17, 15) is 4.79 Å². The number of hydrazone groups is 1. The third kappa shape index (κ3) is 4.11. The summed E-state index contributed by atoms with van der Waals surface area (Å²) in [6, 6.07) is 14.0. The molecule has 2 aliphatic heterocycles. The standard InChI is InChI=1S/C22H25N3O3/c1-16(18-9-10-20-21(14-18)28-13-5-12-27-20)23-24-22(26)15-25-11-4-7-17-6-2-3-8-19(17)25/h2-3,6,8-10,14H,4-5,7,11-13,15H2,1H3,(H,24,26)/b23-16-. The summed E-state index contributed by atoms with van der Waals surface area (Å²) in [6.45, 7) is 4.36. The molecule has 0 bridgehead atoms. The lowest BCUT2D eigenvalue weighted by Crippen LogP contribution is -2.38. The van der Waals surface area contributed by atoms with E-state index < -0.39 is 0 Å². The molecule has 1 amide bonds. The molecule has 0 radical (unpaired) electrons. The second-order valence-electron chi connectivity index (χ2n) is 7.10. The average Bonchev–Trinajstić information content (AvgIpc) is 2.97. The first-order valence-electron chi connectivity index (χ1n) is 9.77. The number of nitrogens with one attached hydrogen (secondary N) is 1. The van der Waals surface area contributed by atoms with E-state index in [0.717, 1.165) is 54.3 Å². The largest absolute Gasteiger partial charge is 0.490 e. The molecule has 0 saturated heterocycles. The van der Waals surface area contributed by atoms with Crippen molar-refractivity contribution in [3.8, 4) is 11.5 Å². The van der Waals surface area contributed by atoms with Gasteiger partial charge >= 0.3 is 0 Å². The van der Waals surface area contributed by atoms with Gasteiger partial charge in [0.15, 0.2) is 11.5 Å². The van der Waals surface area contributed by atoms with Gasteiger partial charge in [-0.15, -0.1) is 0 Å². The second kappa shape index (κ2) is 8.33. The van der Waals surface area contributed by atoms with Crippen molar-refractivity contribution >= 4 is 17.3 Å². The summed E-state index contributed by atoms with van der Waals surface area (Å²) in [7, 11) is 0. The van der Waals surface area contributed by atoms with Crippen LogP contribution in [0.4, 0.5) is 5.69 Å². The molecule has 146 valence electrons. The molecule has 0 saturated carbocycles. The second-order valence-corrected chi connectivity index (χ2v) is 7.10. The summed E-state index contributed by atoms with van der Waals surface area (Å²) >= 11 is 0. The van der Waals surface area contributed by atoms with Crippen molar-refractivity contribution < 1.29 is 14.3 Å². The third-order valence-electron chi connectivity index (χ3n) is 5.05. The Morgan fingerprint density at radius 3 is 2.82 bits per heavy atom. The first-order chi connectivity index (χ1) is 13.7. The fourth-order valence-corrected chi connectivity index (χ4v) is 3.58. The van der Waals surface area contributed by atoms with Crippen LogP contribution in [0.1, 0.15) is 30.9 Å². The minimum atomic E-state index is -0.120. The van der Waals surface area contributed by atoms with Gasteiger partial charge in [-0.2, -0.15) is 5.10 Å². The Balaban J connectivity index is 1.40. The number of carbonyl (C=O) groups is 1. The fourth-order valence-electron chi connectivity index (χ4n) is 3.58. The van der Waals surface area contributed by atoms with E-state index in [1.54, 1.807) is 0 Å². The summed E-state index contributed by atoms with van der Waals surface area (Å²) in [5.74, 6) is 1.35. The number of nitrogens with zero attached hydrogens (tertiary/aromatic N) is 2. The molecule has 2 heterocycles. The third-order valence-corrected chi connectivity index (χ3v) is 5.05. The monoisotopic (exact) mass is 379 g/mol. The maximum Gasteiger partial charge on any atom is 0.259 e. The SMILES string of the molecule is C/C(=N/NC(=O)CN1CCCc2ccccc21)c1ccc2c(c1)OCCCO2. The zero-order valence-corrected chi connectivity index (χ0v) is 16.1. The van der Waals surface area contributed by atoms with Crippen LogP contribution in [0.5, 0.6) is 11.5 Å². The van der Waals surface area contributed by atoms with Crippen molar-refractivity contribution in [3.05, 3.63) is 53.6 Å². The van der Waals surface area contributed by atoms with Crippen LogP contribution in [-0.2, 0) is 11.2 Å². The molecular formula is C22H25N3O3. The predicted octanol–water partition coefficient (Wildman–Crippen LogP) is 3.14. The molecule has 6 heteroatoms. The van der Waals surface area contributed by atoms with Crippen molar-refractivity contribution in [2.45, 2.75) is 26.2 Å². The highest BCUT2D eigenvalue weighted by Crippen LogP contribution is 2.30. The number of amides is 1. The van der Waals surface area contributed by atoms with Crippen molar-refractivity contribution in [2.24, 2.45) is 5.10 Å². The molecule has 0 atom stereocenters. The first-order valence-corrected chi connectivity index (χ1v) is 9.77. The highest BCUT2D eigenvalue weighted by molar-refractivity contribution is 6.00. The van der Waals surface area contributed by atoms with E-state index in [1.807, 2.05) is 37.3 Å². The highest BCUT2D eigenvalue weighted by atomic mass is 16.5. The zero-order chi connectivity index (χ0) is 19.3. The Kier molecular flexibility index (Phi) is 5.46. The van der Waals surface area contributed by atoms with Crippen LogP contribution >= 0.6 is 0 Å². The zero-order valence-electron chi connectivity index (χ0n) is 16.1. The topological polar surface area (TPSA) is 63.2 Å². The number of fused-ring (bicyclic) bond motifs is 2. The molecule has 1 N–H and O–H groups in total. The number of hydrogen-bond acceptors (Lipinski definition) is 5. The Bertz CT molecular complexity index is 894. The van der Waals surface area contributed by atoms with Crippen LogP contribution in [0.25, 0.3) is 0 Å². The van der Waals surface area contributed by atoms with Gasteiger partial charge in [-0.05, 0) is 49.6 Å². The van der Waals surface area contributed by atoms with Gasteiger partial charge in [-0.1, -0.05) is 18.2 Å². The maximum absolute atomic E-state index is 12.4. The van der Waals surface area contributed by atoms with Gasteiger partial charge in [-0.25, -0.2) is 5.43 Å². The molecule has 2 aromatic carbocycles. The van der Waals surface area contributed by atoms with Gasteiger partial charge < -0.3 is 14.4 Å². The maximum atomic E-state index is 12.4. The van der Waals surface area contributed by atoms with Crippen LogP contribution in [0.2, 0.25) is 0 Å². The molecule has 0 aliphatic carbocycles. The lowest BCUT2D eigenvalue weighted by molar-refractivity contribution is -0.119. The molecule has 0 fully saturated rings. The first kappa shape index (κ1) is 18.3. The summed E-state index contributed by atoms with van der Waals surface area (Å²) < 4.78 is 11.4. The number of carbonyl (C=O) groups excluding carboxylic acids is 1. The van der Waals surface area contributed by atoms with Crippen LogP contribution in [0, 0.1) is 0 Å². The lowest BCUT2D eigenvalue weighted by Gasteiger charge is -2.30. The van der Waals surface area contributed by atoms with Crippen LogP contribution in [0.3, 0.4) is 0 Å². The minimum Gasteiger partial charge on any atom is -0.490 e. The Morgan fingerprint density at radius 2 is 1.93 bits per heavy atom. The summed E-state index contributed by atoms with van der Waals surface area (Å²) in [5, 5.41) is 4.28. The number of ether oxygens (including phenoxy) is 2. The average molecular weight is 379 g/mol. The van der Waals surface area contributed by atoms with E-state index in [2.05, 4.69) is 27.6 Å². The molecule has 28 heavy (non-hydrogen) atoms. The van der Waals surface area contributed by atoms with Gasteiger partial charge in [0, 0.05) is 24.2 Å².